The summed E-state index contributed by atoms with van der Waals surface area (Å²) in [6.07, 6.45) is 3.41. The molecule has 1 saturated heterocycles. The Balaban J connectivity index is 1.30. The van der Waals surface area contributed by atoms with Crippen molar-refractivity contribution in [2.75, 3.05) is 44.8 Å². The summed E-state index contributed by atoms with van der Waals surface area (Å²) in [7, 11) is 0. The predicted molar refractivity (Wildman–Crippen MR) is 150 cm³/mol. The van der Waals surface area contributed by atoms with Crippen molar-refractivity contribution in [3.63, 3.8) is 0 Å². The lowest BCUT2D eigenvalue weighted by Gasteiger charge is -2.30. The zero-order valence-electron chi connectivity index (χ0n) is 23.5. The number of halogens is 1. The van der Waals surface area contributed by atoms with Gasteiger partial charge in [0.15, 0.2) is 0 Å². The minimum Gasteiger partial charge on any atom is -0.492 e. The van der Waals surface area contributed by atoms with E-state index in [4.69, 9.17) is 14.2 Å². The molecule has 2 amide bonds. The van der Waals surface area contributed by atoms with Gasteiger partial charge in [-0.1, -0.05) is 6.07 Å². The summed E-state index contributed by atoms with van der Waals surface area (Å²) < 4.78 is 30.8. The Labute approximate surface area is 235 Å². The lowest BCUT2D eigenvalue weighted by atomic mass is 9.91. The number of alkyl carbamates (subject to hydrolysis) is 1. The number of ether oxygens (including phenoxy) is 3. The molecule has 10 nitrogen and oxygen atoms in total. The Kier molecular flexibility index (Phi) is 10.2. The largest absolute Gasteiger partial charge is 0.492 e. The number of anilines is 2. The molecule has 40 heavy (non-hydrogen) atoms. The Hall–Kier alpha value is -3.44. The van der Waals surface area contributed by atoms with Gasteiger partial charge >= 0.3 is 6.09 Å². The molecule has 1 aromatic carbocycles. The maximum Gasteiger partial charge on any atom is 0.407 e. The number of amides is 2. The Morgan fingerprint density at radius 1 is 1.07 bits per heavy atom. The van der Waals surface area contributed by atoms with Crippen molar-refractivity contribution in [3.05, 3.63) is 47.9 Å². The zero-order chi connectivity index (χ0) is 28.5. The van der Waals surface area contributed by atoms with E-state index in [-0.39, 0.29) is 23.5 Å². The van der Waals surface area contributed by atoms with Gasteiger partial charge in [-0.2, -0.15) is 0 Å². The third-order valence-corrected chi connectivity index (χ3v) is 6.76. The molecule has 1 aromatic heterocycles. The second-order valence-electron chi connectivity index (χ2n) is 11.2. The quantitative estimate of drug-likeness (QED) is 0.420. The van der Waals surface area contributed by atoms with Crippen LogP contribution in [-0.4, -0.2) is 79.0 Å². The first-order chi connectivity index (χ1) is 19.1. The summed E-state index contributed by atoms with van der Waals surface area (Å²) in [6.45, 7) is 10.1. The summed E-state index contributed by atoms with van der Waals surface area (Å²) in [5.74, 6) is -0.0649. The van der Waals surface area contributed by atoms with Crippen LogP contribution in [0.3, 0.4) is 0 Å². The molecule has 2 heterocycles. The maximum atomic E-state index is 14.1. The van der Waals surface area contributed by atoms with Crippen molar-refractivity contribution in [2.24, 2.45) is 0 Å². The molecule has 1 saturated carbocycles. The van der Waals surface area contributed by atoms with Crippen LogP contribution in [0.1, 0.15) is 56.8 Å². The van der Waals surface area contributed by atoms with Crippen LogP contribution in [0.25, 0.3) is 0 Å². The van der Waals surface area contributed by atoms with Crippen LogP contribution >= 0.6 is 0 Å². The third kappa shape index (κ3) is 9.34. The van der Waals surface area contributed by atoms with E-state index in [2.05, 4.69) is 25.8 Å². The fourth-order valence-corrected chi connectivity index (χ4v) is 4.75. The average molecular weight is 558 g/mol. The van der Waals surface area contributed by atoms with Gasteiger partial charge in [-0.3, -0.25) is 9.69 Å². The van der Waals surface area contributed by atoms with E-state index in [1.54, 1.807) is 0 Å². The van der Waals surface area contributed by atoms with E-state index >= 15 is 0 Å². The molecule has 4 rings (SSSR count). The van der Waals surface area contributed by atoms with Crippen molar-refractivity contribution in [3.8, 4) is 5.75 Å². The number of hydrogen-bond donors (Lipinski definition) is 3. The first kappa shape index (κ1) is 29.5. The van der Waals surface area contributed by atoms with Gasteiger partial charge in [-0.15, -0.1) is 0 Å². The van der Waals surface area contributed by atoms with Crippen LogP contribution in [-0.2, 0) is 9.47 Å². The SMILES string of the molecule is CC(C)(C)OC(=O)N[C@H]1CC[C@@H](NC(=O)c2cc(F)cnc2Nc2cccc(OCCN3CCOCC3)c2)CC1. The van der Waals surface area contributed by atoms with Gasteiger partial charge in [0.1, 0.15) is 29.6 Å². The summed E-state index contributed by atoms with van der Waals surface area (Å²) in [6, 6.07) is 8.45. The molecule has 0 bridgehead atoms. The summed E-state index contributed by atoms with van der Waals surface area (Å²) >= 11 is 0. The third-order valence-electron chi connectivity index (χ3n) is 6.76. The van der Waals surface area contributed by atoms with E-state index in [1.807, 2.05) is 45.0 Å². The lowest BCUT2D eigenvalue weighted by molar-refractivity contribution is 0.0322. The van der Waals surface area contributed by atoms with E-state index in [9.17, 15) is 14.0 Å². The minimum atomic E-state index is -0.596. The summed E-state index contributed by atoms with van der Waals surface area (Å²) in [5.41, 5.74) is 0.232. The molecule has 0 radical (unpaired) electrons. The predicted octanol–water partition coefficient (Wildman–Crippen LogP) is 4.24. The number of benzene rings is 1. The van der Waals surface area contributed by atoms with Crippen molar-refractivity contribution >= 4 is 23.5 Å². The van der Waals surface area contributed by atoms with Gasteiger partial charge in [0, 0.05) is 43.5 Å². The summed E-state index contributed by atoms with van der Waals surface area (Å²) in [5, 5.41) is 9.04. The van der Waals surface area contributed by atoms with Crippen molar-refractivity contribution in [1.82, 2.24) is 20.5 Å². The van der Waals surface area contributed by atoms with Crippen LogP contribution in [0.5, 0.6) is 5.75 Å². The fourth-order valence-electron chi connectivity index (χ4n) is 4.75. The van der Waals surface area contributed by atoms with E-state index < -0.39 is 23.4 Å². The van der Waals surface area contributed by atoms with Crippen molar-refractivity contribution in [2.45, 2.75) is 64.1 Å². The molecule has 0 atom stereocenters. The normalized spacial score (nSPS) is 19.9. The summed E-state index contributed by atoms with van der Waals surface area (Å²) in [4.78, 5) is 31.7. The topological polar surface area (TPSA) is 114 Å². The van der Waals surface area contributed by atoms with Crippen molar-refractivity contribution < 1.29 is 28.2 Å². The Morgan fingerprint density at radius 2 is 1.77 bits per heavy atom. The lowest BCUT2D eigenvalue weighted by Crippen LogP contribution is -2.45. The second-order valence-corrected chi connectivity index (χ2v) is 11.2. The molecule has 1 aliphatic heterocycles. The van der Waals surface area contributed by atoms with E-state index in [0.29, 0.717) is 43.7 Å². The fraction of sp³-hybridized carbons (Fsp3) is 0.552. The Morgan fingerprint density at radius 3 is 2.48 bits per heavy atom. The van der Waals surface area contributed by atoms with E-state index in [1.165, 1.54) is 6.07 Å². The molecule has 11 heteroatoms. The molecule has 2 fully saturated rings. The first-order valence-electron chi connectivity index (χ1n) is 13.9. The minimum absolute atomic E-state index is 0.0144. The molecule has 2 aromatic rings. The number of morpholine rings is 1. The van der Waals surface area contributed by atoms with Gasteiger partial charge < -0.3 is 30.2 Å². The van der Waals surface area contributed by atoms with Crippen LogP contribution in [0.2, 0.25) is 0 Å². The highest BCUT2D eigenvalue weighted by Crippen LogP contribution is 2.25. The number of nitrogens with zero attached hydrogens (tertiary/aromatic N) is 2. The van der Waals surface area contributed by atoms with Gasteiger partial charge in [0.2, 0.25) is 0 Å². The van der Waals surface area contributed by atoms with Gasteiger partial charge in [0.25, 0.3) is 5.91 Å². The molecular formula is C29H40FN5O5. The van der Waals surface area contributed by atoms with Gasteiger partial charge in [-0.25, -0.2) is 14.2 Å². The monoisotopic (exact) mass is 557 g/mol. The second kappa shape index (κ2) is 13.8. The number of carbonyl (C=O) groups excluding carboxylic acids is 2. The molecule has 3 N–H and O–H groups in total. The zero-order valence-corrected chi connectivity index (χ0v) is 23.5. The smallest absolute Gasteiger partial charge is 0.407 e. The highest BCUT2D eigenvalue weighted by Gasteiger charge is 2.26. The Bertz CT molecular complexity index is 1140. The number of hydrogen-bond acceptors (Lipinski definition) is 8. The molecule has 2 aliphatic rings. The molecular weight excluding hydrogens is 517 g/mol. The van der Waals surface area contributed by atoms with Crippen LogP contribution in [0, 0.1) is 5.82 Å². The highest BCUT2D eigenvalue weighted by molar-refractivity contribution is 5.99. The highest BCUT2D eigenvalue weighted by atomic mass is 19.1. The number of pyridine rings is 1. The number of aromatic nitrogens is 1. The number of carbonyl (C=O) groups is 2. The van der Waals surface area contributed by atoms with Gasteiger partial charge in [0.05, 0.1) is 25.0 Å². The van der Waals surface area contributed by atoms with Crippen molar-refractivity contribution in [1.29, 1.82) is 0 Å². The number of rotatable bonds is 9. The van der Waals surface area contributed by atoms with Crippen LogP contribution in [0.15, 0.2) is 36.5 Å². The molecule has 0 unspecified atom stereocenters. The average Bonchev–Trinajstić information content (AvgIpc) is 2.90. The van der Waals surface area contributed by atoms with Crippen LogP contribution in [0.4, 0.5) is 20.7 Å². The van der Waals surface area contributed by atoms with Gasteiger partial charge in [-0.05, 0) is 64.7 Å². The number of nitrogens with one attached hydrogen (secondary N) is 3. The molecule has 0 spiro atoms. The van der Waals surface area contributed by atoms with Crippen LogP contribution < -0.4 is 20.7 Å². The first-order valence-corrected chi connectivity index (χ1v) is 13.9. The molecule has 218 valence electrons. The standard InChI is InChI=1S/C29H40FN5O5/c1-29(2,3)40-28(37)34-22-9-7-21(8-10-22)33-27(36)25-17-20(30)19-31-26(25)32-23-5-4-6-24(18-23)39-16-13-35-11-14-38-15-12-35/h4-6,17-19,21-22H,7-16H2,1-3H3,(H,31,32)(H,33,36)(H,34,37)/t21-,22+. The molecule has 1 aliphatic carbocycles. The van der Waals surface area contributed by atoms with E-state index in [0.717, 1.165) is 39.0 Å². The maximum absolute atomic E-state index is 14.1.